The van der Waals surface area contributed by atoms with E-state index in [0.717, 1.165) is 12.3 Å². The molecule has 2 nitrogen and oxygen atoms in total. The summed E-state index contributed by atoms with van der Waals surface area (Å²) in [6.45, 7) is 0.738. The first-order valence-electron chi connectivity index (χ1n) is 1.89. The molecule has 0 aromatic carbocycles. The highest BCUT2D eigenvalue weighted by Gasteiger charge is 1.74. The van der Waals surface area contributed by atoms with Gasteiger partial charge in [0.2, 0.25) is 0 Å². The third-order valence-electron chi connectivity index (χ3n) is 0.380. The van der Waals surface area contributed by atoms with E-state index in [0.29, 0.717) is 5.88 Å². The summed E-state index contributed by atoms with van der Waals surface area (Å²) in [5, 5.41) is 0. The average molecular weight is 106 g/mol. The van der Waals surface area contributed by atoms with Crippen LogP contribution in [0.15, 0.2) is 0 Å². The van der Waals surface area contributed by atoms with Crippen LogP contribution in [0.1, 0.15) is 0 Å². The maximum absolute atomic E-state index is 5.14. The standard InChI is InChI=1S/C3H10N2S/c4-1-2-6-3-5/h1-5H2. The first-order chi connectivity index (χ1) is 2.91. The van der Waals surface area contributed by atoms with E-state index < -0.39 is 0 Å². The van der Waals surface area contributed by atoms with E-state index in [1.165, 1.54) is 0 Å². The van der Waals surface area contributed by atoms with Crippen LogP contribution >= 0.6 is 11.8 Å². The summed E-state index contributed by atoms with van der Waals surface area (Å²) >= 11 is 1.66. The highest BCUT2D eigenvalue weighted by Crippen LogP contribution is 1.88. The van der Waals surface area contributed by atoms with Gasteiger partial charge < -0.3 is 11.5 Å². The Morgan fingerprint density at radius 1 is 1.33 bits per heavy atom. The Morgan fingerprint density at radius 2 is 2.00 bits per heavy atom. The monoisotopic (exact) mass is 106 g/mol. The van der Waals surface area contributed by atoms with Gasteiger partial charge in [0.05, 0.1) is 0 Å². The zero-order valence-electron chi connectivity index (χ0n) is 3.68. The summed E-state index contributed by atoms with van der Waals surface area (Å²) < 4.78 is 0. The summed E-state index contributed by atoms with van der Waals surface area (Å²) in [5.41, 5.74) is 10.3. The van der Waals surface area contributed by atoms with Gasteiger partial charge in [-0.25, -0.2) is 0 Å². The molecule has 0 bridgehead atoms. The SMILES string of the molecule is NCCSCN. The fourth-order valence-corrected chi connectivity index (χ4v) is 0.500. The highest BCUT2D eigenvalue weighted by atomic mass is 32.2. The zero-order chi connectivity index (χ0) is 4.83. The molecule has 0 saturated carbocycles. The van der Waals surface area contributed by atoms with Crippen LogP contribution in [-0.2, 0) is 0 Å². The molecule has 0 aromatic heterocycles. The molecule has 38 valence electrons. The molecule has 0 unspecified atom stereocenters. The van der Waals surface area contributed by atoms with Gasteiger partial charge in [0, 0.05) is 18.2 Å². The second-order valence-corrected chi connectivity index (χ2v) is 2.01. The number of thioether (sulfide) groups is 1. The number of rotatable bonds is 3. The van der Waals surface area contributed by atoms with Gasteiger partial charge in [0.1, 0.15) is 0 Å². The molecular weight excluding hydrogens is 96.1 g/mol. The quantitative estimate of drug-likeness (QED) is 0.380. The van der Waals surface area contributed by atoms with Gasteiger partial charge in [-0.2, -0.15) is 0 Å². The van der Waals surface area contributed by atoms with E-state index in [1.807, 2.05) is 0 Å². The third kappa shape index (κ3) is 4.27. The van der Waals surface area contributed by atoms with E-state index >= 15 is 0 Å². The Kier molecular flexibility index (Phi) is 5.51. The number of nitrogens with two attached hydrogens (primary N) is 2. The first-order valence-corrected chi connectivity index (χ1v) is 3.05. The average Bonchev–Trinajstić information content (AvgIpc) is 1.61. The van der Waals surface area contributed by atoms with Crippen LogP contribution in [0.3, 0.4) is 0 Å². The smallest absolute Gasteiger partial charge is 0.0393 e. The van der Waals surface area contributed by atoms with Crippen molar-refractivity contribution in [3.05, 3.63) is 0 Å². The van der Waals surface area contributed by atoms with Crippen molar-refractivity contribution in [1.82, 2.24) is 0 Å². The van der Waals surface area contributed by atoms with Crippen molar-refractivity contribution >= 4 is 11.8 Å². The molecule has 6 heavy (non-hydrogen) atoms. The molecule has 0 atom stereocenters. The molecule has 0 aliphatic rings. The van der Waals surface area contributed by atoms with Crippen molar-refractivity contribution in [2.24, 2.45) is 11.5 Å². The van der Waals surface area contributed by atoms with Crippen LogP contribution in [0.2, 0.25) is 0 Å². The molecule has 0 amide bonds. The normalized spacial score (nSPS) is 9.00. The molecule has 0 fully saturated rings. The lowest BCUT2D eigenvalue weighted by atomic mass is 10.8. The van der Waals surface area contributed by atoms with Crippen molar-refractivity contribution < 1.29 is 0 Å². The molecule has 0 aliphatic carbocycles. The lowest BCUT2D eigenvalue weighted by Gasteiger charge is -1.87. The number of hydrogen-bond donors (Lipinski definition) is 2. The van der Waals surface area contributed by atoms with Crippen molar-refractivity contribution in [3.63, 3.8) is 0 Å². The van der Waals surface area contributed by atoms with E-state index in [-0.39, 0.29) is 0 Å². The summed E-state index contributed by atoms with van der Waals surface area (Å²) in [6.07, 6.45) is 0. The van der Waals surface area contributed by atoms with Gasteiger partial charge in [-0.15, -0.1) is 11.8 Å². The summed E-state index contributed by atoms with van der Waals surface area (Å²) in [7, 11) is 0. The molecule has 0 rings (SSSR count). The molecule has 3 heteroatoms. The van der Waals surface area contributed by atoms with Gasteiger partial charge in [-0.05, 0) is 0 Å². The topological polar surface area (TPSA) is 52.0 Å². The lowest BCUT2D eigenvalue weighted by molar-refractivity contribution is 1.15. The molecule has 0 heterocycles. The van der Waals surface area contributed by atoms with Crippen molar-refractivity contribution in [1.29, 1.82) is 0 Å². The van der Waals surface area contributed by atoms with Gasteiger partial charge in [-0.3, -0.25) is 0 Å². The minimum Gasteiger partial charge on any atom is -0.330 e. The molecule has 0 saturated heterocycles. The van der Waals surface area contributed by atoms with Crippen LogP contribution in [0.4, 0.5) is 0 Å². The van der Waals surface area contributed by atoms with Gasteiger partial charge in [0.15, 0.2) is 0 Å². The second-order valence-electron chi connectivity index (χ2n) is 0.864. The van der Waals surface area contributed by atoms with Crippen molar-refractivity contribution in [3.8, 4) is 0 Å². The first kappa shape index (κ1) is 6.27. The highest BCUT2D eigenvalue weighted by molar-refractivity contribution is 7.99. The van der Waals surface area contributed by atoms with Gasteiger partial charge in [0.25, 0.3) is 0 Å². The Balaban J connectivity index is 2.34. The second kappa shape index (κ2) is 5.27. The summed E-state index contributed by atoms with van der Waals surface area (Å²) in [4.78, 5) is 0. The Hall–Kier alpha value is 0.270. The predicted molar refractivity (Wildman–Crippen MR) is 30.6 cm³/mol. The fraction of sp³-hybridized carbons (Fsp3) is 1.00. The lowest BCUT2D eigenvalue weighted by Crippen LogP contribution is -2.04. The molecule has 0 aliphatic heterocycles. The largest absolute Gasteiger partial charge is 0.330 e. The van der Waals surface area contributed by atoms with Crippen LogP contribution in [0.5, 0.6) is 0 Å². The van der Waals surface area contributed by atoms with Crippen LogP contribution in [-0.4, -0.2) is 18.2 Å². The molecule has 0 radical (unpaired) electrons. The third-order valence-corrected chi connectivity index (χ3v) is 1.14. The maximum Gasteiger partial charge on any atom is 0.0393 e. The van der Waals surface area contributed by atoms with Gasteiger partial charge in [-0.1, -0.05) is 0 Å². The fourth-order valence-electron chi connectivity index (χ4n) is 0.167. The maximum atomic E-state index is 5.14. The Morgan fingerprint density at radius 3 is 2.17 bits per heavy atom. The zero-order valence-corrected chi connectivity index (χ0v) is 4.50. The Bertz CT molecular complexity index is 20.8. The van der Waals surface area contributed by atoms with E-state index in [1.54, 1.807) is 11.8 Å². The van der Waals surface area contributed by atoms with E-state index in [9.17, 15) is 0 Å². The van der Waals surface area contributed by atoms with Crippen LogP contribution in [0, 0.1) is 0 Å². The summed E-state index contributed by atoms with van der Waals surface area (Å²) in [5.74, 6) is 1.67. The minimum atomic E-state index is 0.692. The Labute approximate surface area is 42.3 Å². The van der Waals surface area contributed by atoms with Crippen LogP contribution in [0.25, 0.3) is 0 Å². The van der Waals surface area contributed by atoms with E-state index in [2.05, 4.69) is 0 Å². The summed E-state index contributed by atoms with van der Waals surface area (Å²) in [6, 6.07) is 0. The van der Waals surface area contributed by atoms with Crippen molar-refractivity contribution in [2.75, 3.05) is 18.2 Å². The molecule has 0 aromatic rings. The van der Waals surface area contributed by atoms with Crippen molar-refractivity contribution in [2.45, 2.75) is 0 Å². The molecule has 0 spiro atoms. The molecular formula is C3H10N2S. The molecule has 4 N–H and O–H groups in total. The number of hydrogen-bond acceptors (Lipinski definition) is 3. The predicted octanol–water partition coefficient (Wildman–Crippen LogP) is -0.405. The minimum absolute atomic E-state index is 0.692. The van der Waals surface area contributed by atoms with Gasteiger partial charge >= 0.3 is 0 Å². The van der Waals surface area contributed by atoms with E-state index in [4.69, 9.17) is 11.5 Å². The van der Waals surface area contributed by atoms with Crippen LogP contribution < -0.4 is 11.5 Å².